The first-order valence-corrected chi connectivity index (χ1v) is 5.65. The lowest BCUT2D eigenvalue weighted by Crippen LogP contribution is -2.49. The Balaban J connectivity index is 3.80. The Bertz CT molecular complexity index is 303. The zero-order valence-corrected chi connectivity index (χ0v) is 11.1. The van der Waals surface area contributed by atoms with E-state index in [0.29, 0.717) is 11.7 Å². The molecule has 0 radical (unpaired) electrons. The summed E-state index contributed by atoms with van der Waals surface area (Å²) in [7, 11) is 1.61. The van der Waals surface area contributed by atoms with Gasteiger partial charge in [-0.05, 0) is 26.1 Å². The van der Waals surface area contributed by atoms with E-state index in [2.05, 4.69) is 16.2 Å². The highest BCUT2D eigenvalue weighted by Crippen LogP contribution is 1.81. The number of allylic oxidation sites excluding steroid dienone is 3. The fraction of sp³-hybridized carbons (Fsp3) is 0.455. The molecule has 0 saturated heterocycles. The van der Waals surface area contributed by atoms with Gasteiger partial charge in [0, 0.05) is 19.2 Å². The molecule has 0 aromatic rings. The number of methoxy groups -OCH3 is 1. The number of ether oxygens (including phenoxy) is 1. The van der Waals surface area contributed by atoms with E-state index >= 15 is 0 Å². The van der Waals surface area contributed by atoms with Gasteiger partial charge in [0.1, 0.15) is 0 Å². The number of thiocarbonyl (C=S) groups is 1. The number of carbonyl (C=O) groups excluding carboxylic acids is 1. The van der Waals surface area contributed by atoms with E-state index in [9.17, 15) is 4.79 Å². The summed E-state index contributed by atoms with van der Waals surface area (Å²) >= 11 is 4.97. The third-order valence-electron chi connectivity index (χ3n) is 1.64. The van der Waals surface area contributed by atoms with E-state index in [0.717, 1.165) is 0 Å². The van der Waals surface area contributed by atoms with Gasteiger partial charge in [-0.2, -0.15) is 0 Å². The summed E-state index contributed by atoms with van der Waals surface area (Å²) in [5, 5.41) is 3.30. The van der Waals surface area contributed by atoms with Gasteiger partial charge in [-0.25, -0.2) is 0 Å². The lowest BCUT2D eigenvalue weighted by atomic mass is 10.4. The quantitative estimate of drug-likeness (QED) is 0.292. The van der Waals surface area contributed by atoms with Crippen LogP contribution in [0.15, 0.2) is 24.3 Å². The van der Waals surface area contributed by atoms with Crippen molar-refractivity contribution in [3.63, 3.8) is 0 Å². The fourth-order valence-corrected chi connectivity index (χ4v) is 1.22. The van der Waals surface area contributed by atoms with Crippen molar-refractivity contribution in [2.45, 2.75) is 19.9 Å². The molecule has 0 heterocycles. The first-order valence-electron chi connectivity index (χ1n) is 5.25. The predicted molar refractivity (Wildman–Crippen MR) is 72.3 cm³/mol. The molecule has 0 bridgehead atoms. The average Bonchev–Trinajstić information content (AvgIpc) is 2.27. The summed E-state index contributed by atoms with van der Waals surface area (Å²) in [6.45, 7) is 4.33. The number of amides is 1. The van der Waals surface area contributed by atoms with Crippen LogP contribution >= 0.6 is 12.2 Å². The molecule has 0 aliphatic carbocycles. The van der Waals surface area contributed by atoms with Crippen molar-refractivity contribution in [3.8, 4) is 0 Å². The van der Waals surface area contributed by atoms with Crippen LogP contribution in [0.3, 0.4) is 0 Å². The Morgan fingerprint density at radius 3 is 2.71 bits per heavy atom. The summed E-state index contributed by atoms with van der Waals surface area (Å²) < 4.78 is 4.94. The van der Waals surface area contributed by atoms with Crippen molar-refractivity contribution in [1.82, 2.24) is 16.2 Å². The van der Waals surface area contributed by atoms with E-state index < -0.39 is 0 Å². The second kappa shape index (κ2) is 9.80. The van der Waals surface area contributed by atoms with Crippen LogP contribution in [0.2, 0.25) is 0 Å². The van der Waals surface area contributed by atoms with Crippen LogP contribution < -0.4 is 16.2 Å². The maximum absolute atomic E-state index is 11.2. The van der Waals surface area contributed by atoms with Crippen LogP contribution in [0.4, 0.5) is 0 Å². The highest BCUT2D eigenvalue weighted by Gasteiger charge is 2.03. The Kier molecular flexibility index (Phi) is 8.99. The smallest absolute Gasteiger partial charge is 0.262 e. The highest BCUT2D eigenvalue weighted by atomic mass is 32.1. The van der Waals surface area contributed by atoms with Gasteiger partial charge in [-0.15, -0.1) is 0 Å². The normalized spacial score (nSPS) is 12.6. The van der Waals surface area contributed by atoms with Gasteiger partial charge in [-0.1, -0.05) is 18.2 Å². The molecule has 0 aromatic heterocycles. The van der Waals surface area contributed by atoms with Crippen molar-refractivity contribution in [3.05, 3.63) is 24.3 Å². The molecule has 17 heavy (non-hydrogen) atoms. The maximum Gasteiger partial charge on any atom is 0.262 e. The van der Waals surface area contributed by atoms with E-state index in [1.807, 2.05) is 19.9 Å². The monoisotopic (exact) mass is 257 g/mol. The van der Waals surface area contributed by atoms with E-state index in [-0.39, 0.29) is 11.9 Å². The molecule has 0 unspecified atom stereocenters. The zero-order valence-electron chi connectivity index (χ0n) is 10.3. The summed E-state index contributed by atoms with van der Waals surface area (Å²) in [4.78, 5) is 11.2. The van der Waals surface area contributed by atoms with Gasteiger partial charge in [0.2, 0.25) is 0 Å². The molecule has 3 N–H and O–H groups in total. The average molecular weight is 257 g/mol. The van der Waals surface area contributed by atoms with Gasteiger partial charge in [0.25, 0.3) is 5.91 Å². The van der Waals surface area contributed by atoms with Crippen molar-refractivity contribution in [1.29, 1.82) is 0 Å². The van der Waals surface area contributed by atoms with Gasteiger partial charge in [-0.3, -0.25) is 15.6 Å². The molecule has 0 aliphatic rings. The summed E-state index contributed by atoms with van der Waals surface area (Å²) in [5.41, 5.74) is 5.02. The minimum absolute atomic E-state index is 0.0791. The summed E-state index contributed by atoms with van der Waals surface area (Å²) in [6.07, 6.45) is 6.63. The molecule has 1 amide bonds. The Morgan fingerprint density at radius 1 is 1.41 bits per heavy atom. The first-order chi connectivity index (χ1) is 8.10. The lowest BCUT2D eigenvalue weighted by molar-refractivity contribution is -0.117. The molecule has 96 valence electrons. The van der Waals surface area contributed by atoms with Crippen LogP contribution in [0, 0.1) is 0 Å². The van der Waals surface area contributed by atoms with Crippen LogP contribution in [0.5, 0.6) is 0 Å². The molecule has 0 rings (SSSR count). The minimum atomic E-state index is -0.272. The summed E-state index contributed by atoms with van der Waals surface area (Å²) in [6, 6.07) is 0.0791. The third kappa shape index (κ3) is 9.52. The van der Waals surface area contributed by atoms with Gasteiger partial charge in [0.15, 0.2) is 5.11 Å². The Hall–Kier alpha value is -1.40. The molecule has 0 aromatic carbocycles. The molecule has 0 saturated carbocycles. The van der Waals surface area contributed by atoms with E-state index in [4.69, 9.17) is 17.0 Å². The molecule has 5 nitrogen and oxygen atoms in total. The molecular weight excluding hydrogens is 238 g/mol. The molecule has 0 spiro atoms. The summed E-state index contributed by atoms with van der Waals surface area (Å²) in [5.74, 6) is -0.272. The van der Waals surface area contributed by atoms with Crippen molar-refractivity contribution < 1.29 is 9.53 Å². The molecule has 1 atom stereocenters. The maximum atomic E-state index is 11.2. The van der Waals surface area contributed by atoms with Crippen LogP contribution in [0.1, 0.15) is 13.8 Å². The minimum Gasteiger partial charge on any atom is -0.383 e. The van der Waals surface area contributed by atoms with Crippen LogP contribution in [-0.2, 0) is 9.53 Å². The number of hydrazine groups is 1. The van der Waals surface area contributed by atoms with Crippen LogP contribution in [0.25, 0.3) is 0 Å². The van der Waals surface area contributed by atoms with Crippen molar-refractivity contribution in [2.75, 3.05) is 13.7 Å². The second-order valence-electron chi connectivity index (χ2n) is 3.33. The molecular formula is C11H19N3O2S. The van der Waals surface area contributed by atoms with Gasteiger partial charge in [0.05, 0.1) is 6.61 Å². The predicted octanol–water partition coefficient (Wildman–Crippen LogP) is 0.649. The largest absolute Gasteiger partial charge is 0.383 e. The van der Waals surface area contributed by atoms with Crippen LogP contribution in [-0.4, -0.2) is 30.8 Å². The number of carbonyl (C=O) groups is 1. The number of rotatable bonds is 5. The zero-order chi connectivity index (χ0) is 13.1. The Labute approximate surface area is 107 Å². The Morgan fingerprint density at radius 2 is 2.12 bits per heavy atom. The third-order valence-corrected chi connectivity index (χ3v) is 1.86. The standard InChI is InChI=1S/C11H19N3O2S/c1-4-5-6-7-10(15)13-14-11(17)12-9(2)8-16-3/h4-7,9H,8H2,1-3H3,(H,13,15)(H2,12,14,17)/b5-4+,7-6+/t9-/m0/s1. The van der Waals surface area contributed by atoms with Crippen molar-refractivity contribution in [2.24, 2.45) is 0 Å². The van der Waals surface area contributed by atoms with E-state index in [1.54, 1.807) is 19.3 Å². The lowest BCUT2D eigenvalue weighted by Gasteiger charge is -2.15. The first kappa shape index (κ1) is 15.6. The second-order valence-corrected chi connectivity index (χ2v) is 3.74. The van der Waals surface area contributed by atoms with Gasteiger partial charge >= 0.3 is 0 Å². The molecule has 6 heteroatoms. The number of nitrogens with one attached hydrogen (secondary N) is 3. The number of hydrogen-bond acceptors (Lipinski definition) is 3. The topological polar surface area (TPSA) is 62.4 Å². The molecule has 0 aliphatic heterocycles. The SMILES string of the molecule is C/C=C/C=C/C(=O)NNC(=S)N[C@@H](C)COC. The highest BCUT2D eigenvalue weighted by molar-refractivity contribution is 7.80. The van der Waals surface area contributed by atoms with E-state index in [1.165, 1.54) is 6.08 Å². The number of hydrogen-bond donors (Lipinski definition) is 3. The fourth-order valence-electron chi connectivity index (χ4n) is 0.966. The van der Waals surface area contributed by atoms with Gasteiger partial charge < -0.3 is 10.1 Å². The van der Waals surface area contributed by atoms with Crippen molar-refractivity contribution >= 4 is 23.2 Å². The molecule has 0 fully saturated rings.